The maximum atomic E-state index is 6.38. The molecule has 19 heavy (non-hydrogen) atoms. The van der Waals surface area contributed by atoms with Crippen LogP contribution in [0.5, 0.6) is 0 Å². The van der Waals surface area contributed by atoms with Crippen molar-refractivity contribution in [3.63, 3.8) is 0 Å². The molecule has 2 rings (SSSR count). The summed E-state index contributed by atoms with van der Waals surface area (Å²) < 4.78 is 0. The Hall–Kier alpha value is -0.990. The number of rotatable bonds is 4. The Morgan fingerprint density at radius 2 is 1.95 bits per heavy atom. The summed E-state index contributed by atoms with van der Waals surface area (Å²) in [6.45, 7) is 7.02. The summed E-state index contributed by atoms with van der Waals surface area (Å²) in [4.78, 5) is 4.66. The number of halogens is 2. The Kier molecular flexibility index (Phi) is 4.54. The molecule has 102 valence electrons. The second kappa shape index (κ2) is 5.98. The number of hydrogen-bond acceptors (Lipinski definition) is 2. The molecule has 0 aliphatic heterocycles. The first-order valence-corrected chi connectivity index (χ1v) is 7.36. The normalized spacial score (nSPS) is 11.0. The first-order valence-electron chi connectivity index (χ1n) is 6.60. The number of hydrogen-bond donors (Lipinski definition) is 1. The van der Waals surface area contributed by atoms with Crippen LogP contribution in [0.3, 0.4) is 0 Å². The second-order valence-electron chi connectivity index (χ2n) is 4.66. The number of fused-ring (bicyclic) bond motifs is 1. The molecule has 0 saturated heterocycles. The third kappa shape index (κ3) is 2.80. The summed E-state index contributed by atoms with van der Waals surface area (Å²) in [6, 6.07) is 3.99. The number of anilines is 1. The minimum absolute atomic E-state index is 0.652. The topological polar surface area (TPSA) is 24.9 Å². The van der Waals surface area contributed by atoms with Gasteiger partial charge in [-0.3, -0.25) is 0 Å². The zero-order chi connectivity index (χ0) is 14.0. The monoisotopic (exact) mass is 296 g/mol. The highest BCUT2D eigenvalue weighted by Crippen LogP contribution is 2.34. The average Bonchev–Trinajstić information content (AvgIpc) is 2.38. The van der Waals surface area contributed by atoms with Gasteiger partial charge in [0.05, 0.1) is 15.6 Å². The predicted octanol–water partition coefficient (Wildman–Crippen LogP) is 5.23. The van der Waals surface area contributed by atoms with Gasteiger partial charge in [-0.15, -0.1) is 0 Å². The maximum Gasteiger partial charge on any atom is 0.129 e. The van der Waals surface area contributed by atoms with Gasteiger partial charge >= 0.3 is 0 Å². The number of aromatic nitrogens is 1. The lowest BCUT2D eigenvalue weighted by Gasteiger charge is -2.13. The summed E-state index contributed by atoms with van der Waals surface area (Å²) >= 11 is 12.7. The number of pyridine rings is 1. The Labute approximate surface area is 124 Å². The van der Waals surface area contributed by atoms with Crippen molar-refractivity contribution in [3.8, 4) is 0 Å². The largest absolute Gasteiger partial charge is 0.370 e. The summed E-state index contributed by atoms with van der Waals surface area (Å²) in [7, 11) is 0. The average molecular weight is 297 g/mol. The van der Waals surface area contributed by atoms with E-state index in [1.165, 1.54) is 5.56 Å². The summed E-state index contributed by atoms with van der Waals surface area (Å²) in [5, 5.41) is 5.64. The molecule has 0 spiro atoms. The molecule has 4 heteroatoms. The molecular formula is C15H18Cl2N2. The summed E-state index contributed by atoms with van der Waals surface area (Å²) in [5.74, 6) is 0.915. The van der Waals surface area contributed by atoms with Crippen molar-refractivity contribution in [2.24, 2.45) is 0 Å². The van der Waals surface area contributed by atoms with Crippen molar-refractivity contribution >= 4 is 39.9 Å². The number of benzene rings is 1. The molecule has 1 heterocycles. The highest BCUT2D eigenvalue weighted by atomic mass is 35.5. The highest BCUT2D eigenvalue weighted by molar-refractivity contribution is 6.40. The van der Waals surface area contributed by atoms with Crippen molar-refractivity contribution in [1.82, 2.24) is 4.98 Å². The fraction of sp³-hybridized carbons (Fsp3) is 0.400. The first-order chi connectivity index (χ1) is 9.08. The van der Waals surface area contributed by atoms with Gasteiger partial charge in [0, 0.05) is 11.9 Å². The minimum Gasteiger partial charge on any atom is -0.370 e. The van der Waals surface area contributed by atoms with Crippen molar-refractivity contribution in [3.05, 3.63) is 33.3 Å². The Bertz CT molecular complexity index is 609. The van der Waals surface area contributed by atoms with Gasteiger partial charge in [-0.1, -0.05) is 36.5 Å². The van der Waals surface area contributed by atoms with Crippen molar-refractivity contribution < 1.29 is 0 Å². The standard InChI is InChI=1S/C15H18Cl2N2/c1-4-6-10-8-11-13(17)9(3)7-12(16)14(11)19-15(10)18-5-2/h7-8H,4-6H2,1-3H3,(H,18,19). The Morgan fingerprint density at radius 3 is 2.58 bits per heavy atom. The number of nitrogens with one attached hydrogen (secondary N) is 1. The van der Waals surface area contributed by atoms with Crippen molar-refractivity contribution in [1.29, 1.82) is 0 Å². The van der Waals surface area contributed by atoms with Gasteiger partial charge in [0.15, 0.2) is 0 Å². The van der Waals surface area contributed by atoms with Crippen LogP contribution in [0.2, 0.25) is 10.0 Å². The molecule has 1 aromatic carbocycles. The smallest absolute Gasteiger partial charge is 0.129 e. The molecule has 1 N–H and O–H groups in total. The van der Waals surface area contributed by atoms with Crippen LogP contribution in [0.25, 0.3) is 10.9 Å². The fourth-order valence-corrected chi connectivity index (χ4v) is 2.73. The molecule has 2 nitrogen and oxygen atoms in total. The summed E-state index contributed by atoms with van der Waals surface area (Å²) in [6.07, 6.45) is 2.05. The Morgan fingerprint density at radius 1 is 1.21 bits per heavy atom. The lowest BCUT2D eigenvalue weighted by Crippen LogP contribution is -2.04. The van der Waals surface area contributed by atoms with Crippen LogP contribution in [0.15, 0.2) is 12.1 Å². The number of aryl methyl sites for hydroxylation is 2. The van der Waals surface area contributed by atoms with E-state index < -0.39 is 0 Å². The van der Waals surface area contributed by atoms with Crippen LogP contribution >= 0.6 is 23.2 Å². The van der Waals surface area contributed by atoms with Crippen LogP contribution in [0.4, 0.5) is 5.82 Å². The van der Waals surface area contributed by atoms with E-state index in [9.17, 15) is 0 Å². The van der Waals surface area contributed by atoms with Gasteiger partial charge in [0.1, 0.15) is 5.82 Å². The van der Waals surface area contributed by atoms with E-state index in [2.05, 4.69) is 30.2 Å². The van der Waals surface area contributed by atoms with Gasteiger partial charge in [0.25, 0.3) is 0 Å². The lowest BCUT2D eigenvalue weighted by molar-refractivity contribution is 0.916. The van der Waals surface area contributed by atoms with E-state index in [-0.39, 0.29) is 0 Å². The van der Waals surface area contributed by atoms with Gasteiger partial charge < -0.3 is 5.32 Å². The van der Waals surface area contributed by atoms with E-state index >= 15 is 0 Å². The van der Waals surface area contributed by atoms with Crippen LogP contribution in [-0.4, -0.2) is 11.5 Å². The van der Waals surface area contributed by atoms with Crippen LogP contribution in [0, 0.1) is 6.92 Å². The van der Waals surface area contributed by atoms with Gasteiger partial charge in [-0.2, -0.15) is 0 Å². The lowest BCUT2D eigenvalue weighted by atomic mass is 10.1. The highest BCUT2D eigenvalue weighted by Gasteiger charge is 2.12. The van der Waals surface area contributed by atoms with E-state index in [0.717, 1.165) is 46.7 Å². The molecule has 0 bridgehead atoms. The van der Waals surface area contributed by atoms with Crippen LogP contribution in [-0.2, 0) is 6.42 Å². The molecule has 0 unspecified atom stereocenters. The molecule has 0 fully saturated rings. The molecule has 0 aliphatic rings. The zero-order valence-corrected chi connectivity index (χ0v) is 13.0. The molecule has 0 radical (unpaired) electrons. The molecule has 0 saturated carbocycles. The second-order valence-corrected chi connectivity index (χ2v) is 5.45. The van der Waals surface area contributed by atoms with Crippen LogP contribution < -0.4 is 5.32 Å². The fourth-order valence-electron chi connectivity index (χ4n) is 2.22. The van der Waals surface area contributed by atoms with E-state index in [1.807, 2.05) is 13.0 Å². The molecular weight excluding hydrogens is 279 g/mol. The first kappa shape index (κ1) is 14.4. The molecule has 1 aromatic heterocycles. The number of nitrogens with zero attached hydrogens (tertiary/aromatic N) is 1. The third-order valence-corrected chi connectivity index (χ3v) is 3.91. The zero-order valence-electron chi connectivity index (χ0n) is 11.5. The molecule has 0 atom stereocenters. The Balaban J connectivity index is 2.73. The van der Waals surface area contributed by atoms with Crippen molar-refractivity contribution in [2.75, 3.05) is 11.9 Å². The minimum atomic E-state index is 0.652. The summed E-state index contributed by atoms with van der Waals surface area (Å²) in [5.41, 5.74) is 2.95. The van der Waals surface area contributed by atoms with Crippen LogP contribution in [0.1, 0.15) is 31.4 Å². The predicted molar refractivity (Wildman–Crippen MR) is 84.7 cm³/mol. The van der Waals surface area contributed by atoms with Crippen molar-refractivity contribution in [2.45, 2.75) is 33.6 Å². The van der Waals surface area contributed by atoms with E-state index in [4.69, 9.17) is 23.2 Å². The molecule has 0 amide bonds. The molecule has 2 aromatic rings. The van der Waals surface area contributed by atoms with E-state index in [1.54, 1.807) is 0 Å². The van der Waals surface area contributed by atoms with Gasteiger partial charge in [0.2, 0.25) is 0 Å². The third-order valence-electron chi connectivity index (χ3n) is 3.12. The molecule has 0 aliphatic carbocycles. The quantitative estimate of drug-likeness (QED) is 0.835. The van der Waals surface area contributed by atoms with Gasteiger partial charge in [-0.25, -0.2) is 4.98 Å². The maximum absolute atomic E-state index is 6.38. The van der Waals surface area contributed by atoms with Gasteiger partial charge in [-0.05, 0) is 43.5 Å². The SMILES string of the molecule is CCCc1cc2c(Cl)c(C)cc(Cl)c2nc1NCC. The van der Waals surface area contributed by atoms with E-state index in [0.29, 0.717) is 5.02 Å².